The van der Waals surface area contributed by atoms with Crippen LogP contribution >= 0.6 is 11.6 Å². The highest BCUT2D eigenvalue weighted by Gasteiger charge is 2.60. The Morgan fingerprint density at radius 2 is 1.97 bits per heavy atom. The summed E-state index contributed by atoms with van der Waals surface area (Å²) in [5.41, 5.74) is -0.842. The smallest absolute Gasteiger partial charge is 0.410 e. The van der Waals surface area contributed by atoms with E-state index in [1.807, 2.05) is 0 Å². The van der Waals surface area contributed by atoms with E-state index in [9.17, 15) is 13.2 Å². The second-order valence-corrected chi connectivity index (χ2v) is 12.4. The lowest BCUT2D eigenvalue weighted by Crippen LogP contribution is -2.61. The lowest BCUT2D eigenvalue weighted by Gasteiger charge is -2.44. The molecular formula is C24H34ClN3O5S. The summed E-state index contributed by atoms with van der Waals surface area (Å²) in [5, 5.41) is 3.90. The van der Waals surface area contributed by atoms with Gasteiger partial charge in [0.2, 0.25) is 10.0 Å². The number of hydrogen-bond donors (Lipinski definition) is 1. The third-order valence-electron chi connectivity index (χ3n) is 7.59. The van der Waals surface area contributed by atoms with E-state index in [1.54, 1.807) is 33.5 Å². The maximum Gasteiger partial charge on any atom is 0.410 e. The van der Waals surface area contributed by atoms with Gasteiger partial charge in [0.1, 0.15) is 5.60 Å². The molecule has 3 atom stereocenters. The van der Waals surface area contributed by atoms with Crippen LogP contribution in [0.2, 0.25) is 5.02 Å². The Balaban J connectivity index is 1.41. The van der Waals surface area contributed by atoms with E-state index < -0.39 is 21.7 Å². The maximum atomic E-state index is 13.9. The van der Waals surface area contributed by atoms with E-state index in [0.29, 0.717) is 43.5 Å². The first kappa shape index (κ1) is 24.3. The molecule has 2 saturated carbocycles. The highest BCUT2D eigenvalue weighted by Crippen LogP contribution is 2.49. The molecule has 2 aliphatic carbocycles. The van der Waals surface area contributed by atoms with E-state index in [1.165, 1.54) is 0 Å². The van der Waals surface area contributed by atoms with Crippen molar-refractivity contribution in [1.29, 1.82) is 0 Å². The molecule has 5 rings (SSSR count). The molecule has 1 N–H and O–H groups in total. The van der Waals surface area contributed by atoms with Crippen LogP contribution in [0.25, 0.3) is 0 Å². The molecular weight excluding hydrogens is 478 g/mol. The summed E-state index contributed by atoms with van der Waals surface area (Å²) in [6.07, 6.45) is 4.86. The van der Waals surface area contributed by atoms with Crippen molar-refractivity contribution in [3.05, 3.63) is 29.3 Å². The molecule has 0 spiro atoms. The first-order chi connectivity index (χ1) is 16.3. The highest BCUT2D eigenvalue weighted by atomic mass is 35.5. The average molecular weight is 512 g/mol. The lowest BCUT2D eigenvalue weighted by atomic mass is 10.0. The number of halogens is 1. The summed E-state index contributed by atoms with van der Waals surface area (Å²) >= 11 is 6.02. The zero-order valence-electron chi connectivity index (χ0n) is 19.6. The number of carbonyl (C=O) groups is 1. The second-order valence-electron chi connectivity index (χ2n) is 10.1. The number of rotatable bonds is 7. The molecule has 0 unspecified atom stereocenters. The minimum atomic E-state index is -3.83. The van der Waals surface area contributed by atoms with Crippen LogP contribution in [0.3, 0.4) is 0 Å². The zero-order chi connectivity index (χ0) is 23.9. The van der Waals surface area contributed by atoms with Crippen molar-refractivity contribution in [3.8, 4) is 0 Å². The lowest BCUT2D eigenvalue weighted by molar-refractivity contribution is -0.0743. The van der Waals surface area contributed by atoms with Crippen LogP contribution in [0.1, 0.15) is 45.4 Å². The maximum absolute atomic E-state index is 13.9. The molecule has 8 nitrogen and oxygen atoms in total. The Kier molecular flexibility index (Phi) is 6.85. The molecule has 0 radical (unpaired) electrons. The number of benzene rings is 1. The number of ether oxygens (including phenoxy) is 2. The van der Waals surface area contributed by atoms with E-state index in [4.69, 9.17) is 21.1 Å². The largest absolute Gasteiger partial charge is 0.441 e. The molecule has 1 amide bonds. The fraction of sp³-hybridized carbons (Fsp3) is 0.708. The van der Waals surface area contributed by atoms with Gasteiger partial charge in [-0.15, -0.1) is 0 Å². The van der Waals surface area contributed by atoms with Crippen molar-refractivity contribution in [3.63, 3.8) is 0 Å². The van der Waals surface area contributed by atoms with Crippen molar-refractivity contribution >= 4 is 27.7 Å². The van der Waals surface area contributed by atoms with Crippen LogP contribution in [-0.2, 0) is 19.5 Å². The molecule has 4 aliphatic rings. The van der Waals surface area contributed by atoms with Crippen LogP contribution in [0.5, 0.6) is 0 Å². The predicted octanol–water partition coefficient (Wildman–Crippen LogP) is 3.25. The normalized spacial score (nSPS) is 29.6. The molecule has 10 heteroatoms. The van der Waals surface area contributed by atoms with Gasteiger partial charge >= 0.3 is 6.09 Å². The summed E-state index contributed by atoms with van der Waals surface area (Å²) in [6, 6.07) is 5.73. The number of carbonyl (C=O) groups excluding carboxylic acids is 1. The number of amides is 1. The number of nitrogens with zero attached hydrogens (tertiary/aromatic N) is 2. The minimum Gasteiger partial charge on any atom is -0.441 e. The second kappa shape index (κ2) is 9.58. The van der Waals surface area contributed by atoms with Gasteiger partial charge in [-0.25, -0.2) is 13.2 Å². The molecule has 4 fully saturated rings. The van der Waals surface area contributed by atoms with Gasteiger partial charge < -0.3 is 19.7 Å². The van der Waals surface area contributed by atoms with E-state index >= 15 is 0 Å². The Labute approximate surface area is 206 Å². The Morgan fingerprint density at radius 1 is 1.24 bits per heavy atom. The van der Waals surface area contributed by atoms with E-state index in [2.05, 4.69) is 12.2 Å². The third-order valence-corrected chi connectivity index (χ3v) is 9.82. The number of nitrogens with one attached hydrogen (secondary N) is 1. The fourth-order valence-electron chi connectivity index (χ4n) is 5.23. The average Bonchev–Trinajstić information content (AvgIpc) is 3.77. The van der Waals surface area contributed by atoms with Crippen LogP contribution in [0, 0.1) is 5.92 Å². The van der Waals surface area contributed by atoms with Crippen LogP contribution in [0.15, 0.2) is 29.2 Å². The van der Waals surface area contributed by atoms with Crippen molar-refractivity contribution in [2.24, 2.45) is 5.92 Å². The zero-order valence-corrected chi connectivity index (χ0v) is 21.2. The number of morpholine rings is 1. The summed E-state index contributed by atoms with van der Waals surface area (Å²) in [4.78, 5) is 15.1. The highest BCUT2D eigenvalue weighted by molar-refractivity contribution is 7.89. The first-order valence-electron chi connectivity index (χ1n) is 12.4. The van der Waals surface area contributed by atoms with Gasteiger partial charge in [-0.2, -0.15) is 4.31 Å². The summed E-state index contributed by atoms with van der Waals surface area (Å²) in [5.74, 6) is 0.528. The molecule has 2 heterocycles. The SMILES string of the molecule is CC[C@H]1CN(C(=O)OC2([C@H]3COC[C@@H](CC4CC4)N3S(=O)(=O)c3ccc(Cl)cc3)CC2)CCN1. The van der Waals surface area contributed by atoms with Gasteiger partial charge in [0.25, 0.3) is 0 Å². The van der Waals surface area contributed by atoms with Crippen molar-refractivity contribution in [1.82, 2.24) is 14.5 Å². The molecule has 0 bridgehead atoms. The fourth-order valence-corrected chi connectivity index (χ4v) is 7.21. The van der Waals surface area contributed by atoms with Gasteiger partial charge in [0, 0.05) is 36.7 Å². The molecule has 34 heavy (non-hydrogen) atoms. The minimum absolute atomic E-state index is 0.208. The quantitative estimate of drug-likeness (QED) is 0.604. The first-order valence-corrected chi connectivity index (χ1v) is 14.2. The number of hydrogen-bond acceptors (Lipinski definition) is 6. The molecule has 2 saturated heterocycles. The monoisotopic (exact) mass is 511 g/mol. The van der Waals surface area contributed by atoms with Crippen LogP contribution in [0.4, 0.5) is 4.79 Å². The van der Waals surface area contributed by atoms with Gasteiger partial charge in [-0.05, 0) is 55.9 Å². The Bertz CT molecular complexity index is 996. The molecule has 1 aromatic carbocycles. The molecule has 0 aromatic heterocycles. The Hall–Kier alpha value is -1.39. The number of sulfonamides is 1. The number of piperazine rings is 1. The third kappa shape index (κ3) is 4.95. The van der Waals surface area contributed by atoms with Crippen molar-refractivity contribution < 1.29 is 22.7 Å². The van der Waals surface area contributed by atoms with Crippen molar-refractivity contribution in [2.45, 2.75) is 74.1 Å². The Morgan fingerprint density at radius 3 is 2.62 bits per heavy atom. The van der Waals surface area contributed by atoms with Gasteiger partial charge in [-0.3, -0.25) is 0 Å². The summed E-state index contributed by atoms with van der Waals surface area (Å²) in [6.45, 7) is 4.59. The van der Waals surface area contributed by atoms with Gasteiger partial charge in [-0.1, -0.05) is 31.4 Å². The van der Waals surface area contributed by atoms with E-state index in [-0.39, 0.29) is 29.7 Å². The summed E-state index contributed by atoms with van der Waals surface area (Å²) < 4.78 is 41.6. The van der Waals surface area contributed by atoms with Crippen molar-refractivity contribution in [2.75, 3.05) is 32.8 Å². The van der Waals surface area contributed by atoms with Crippen LogP contribution in [-0.4, -0.2) is 80.3 Å². The summed E-state index contributed by atoms with van der Waals surface area (Å²) in [7, 11) is -3.83. The predicted molar refractivity (Wildman–Crippen MR) is 128 cm³/mol. The van der Waals surface area contributed by atoms with Crippen LogP contribution < -0.4 is 5.32 Å². The van der Waals surface area contributed by atoms with E-state index in [0.717, 1.165) is 32.2 Å². The van der Waals surface area contributed by atoms with Gasteiger partial charge in [0.05, 0.1) is 24.2 Å². The van der Waals surface area contributed by atoms with Gasteiger partial charge in [0.15, 0.2) is 0 Å². The topological polar surface area (TPSA) is 88.2 Å². The molecule has 1 aromatic rings. The molecule has 2 aliphatic heterocycles. The standard InChI is InChI=1S/C24H34ClN3O5S/c1-2-19-14-27(12-11-26-19)23(29)33-24(9-10-24)22-16-32-15-20(13-17-3-4-17)28(22)34(30,31)21-7-5-18(25)6-8-21/h5-8,17,19-20,22,26H,2-4,9-16H2,1H3/t19-,20+,22+/m0/s1. The molecule has 188 valence electrons.